The third kappa shape index (κ3) is 4.28. The highest BCUT2D eigenvalue weighted by atomic mass is 16.6. The van der Waals surface area contributed by atoms with Gasteiger partial charge in [-0.25, -0.2) is 0 Å². The fourth-order valence-corrected chi connectivity index (χ4v) is 1.97. The van der Waals surface area contributed by atoms with Gasteiger partial charge in [0.1, 0.15) is 0 Å². The maximum Gasteiger partial charge on any atom is 0.269 e. The zero-order chi connectivity index (χ0) is 15.9. The molecular formula is C17H16N2O3. The number of nitrogens with zero attached hydrogens (tertiary/aromatic N) is 1. The number of carbonyl (C=O) groups excluding carboxylic acids is 1. The fourth-order valence-electron chi connectivity index (χ4n) is 1.97. The van der Waals surface area contributed by atoms with Crippen molar-refractivity contribution in [1.29, 1.82) is 0 Å². The molecule has 5 heteroatoms. The number of nitrogens with one attached hydrogen (secondary N) is 1. The quantitative estimate of drug-likeness (QED) is 0.521. The molecule has 0 aliphatic heterocycles. The molecule has 0 aliphatic rings. The first-order valence-corrected chi connectivity index (χ1v) is 6.84. The molecule has 0 saturated carbocycles. The molecule has 0 saturated heterocycles. The standard InChI is InChI=1S/C17H16N2O3/c1-13(15-5-3-2-4-6-15)18-17(20)12-9-14-7-10-16(11-8-14)19(21)22/h2-13H,1H3,(H,18,20)/b12-9+/t13-/m0/s1. The van der Waals surface area contributed by atoms with E-state index in [2.05, 4.69) is 5.32 Å². The van der Waals surface area contributed by atoms with Gasteiger partial charge in [-0.3, -0.25) is 14.9 Å². The largest absolute Gasteiger partial charge is 0.346 e. The average Bonchev–Trinajstić information content (AvgIpc) is 2.54. The minimum atomic E-state index is -0.457. The summed E-state index contributed by atoms with van der Waals surface area (Å²) in [6.45, 7) is 1.91. The van der Waals surface area contributed by atoms with Gasteiger partial charge < -0.3 is 5.32 Å². The van der Waals surface area contributed by atoms with E-state index in [4.69, 9.17) is 0 Å². The Balaban J connectivity index is 1.95. The summed E-state index contributed by atoms with van der Waals surface area (Å²) in [4.78, 5) is 22.0. The Morgan fingerprint density at radius 1 is 1.14 bits per heavy atom. The van der Waals surface area contributed by atoms with Gasteiger partial charge in [0.2, 0.25) is 5.91 Å². The van der Waals surface area contributed by atoms with E-state index >= 15 is 0 Å². The number of hydrogen-bond donors (Lipinski definition) is 1. The zero-order valence-electron chi connectivity index (χ0n) is 12.1. The first-order chi connectivity index (χ1) is 10.6. The van der Waals surface area contributed by atoms with Gasteiger partial charge in [0, 0.05) is 18.2 Å². The molecule has 1 N–H and O–H groups in total. The molecule has 2 rings (SSSR count). The van der Waals surface area contributed by atoms with Crippen LogP contribution in [0, 0.1) is 10.1 Å². The van der Waals surface area contributed by atoms with Crippen molar-refractivity contribution in [2.24, 2.45) is 0 Å². The molecule has 2 aromatic carbocycles. The lowest BCUT2D eigenvalue weighted by Crippen LogP contribution is -2.24. The Morgan fingerprint density at radius 2 is 1.77 bits per heavy atom. The van der Waals surface area contributed by atoms with Crippen LogP contribution in [0.3, 0.4) is 0 Å². The number of benzene rings is 2. The van der Waals surface area contributed by atoms with Crippen LogP contribution in [0.2, 0.25) is 0 Å². The Bertz CT molecular complexity index is 679. The molecule has 0 radical (unpaired) electrons. The fraction of sp³-hybridized carbons (Fsp3) is 0.118. The summed E-state index contributed by atoms with van der Waals surface area (Å²) >= 11 is 0. The molecule has 1 atom stereocenters. The van der Waals surface area contributed by atoms with Crippen molar-refractivity contribution in [3.8, 4) is 0 Å². The van der Waals surface area contributed by atoms with Gasteiger partial charge in [-0.15, -0.1) is 0 Å². The first kappa shape index (κ1) is 15.4. The molecule has 0 fully saturated rings. The smallest absolute Gasteiger partial charge is 0.269 e. The third-order valence-corrected chi connectivity index (χ3v) is 3.19. The van der Waals surface area contributed by atoms with E-state index in [1.165, 1.54) is 18.2 Å². The van der Waals surface area contributed by atoms with E-state index < -0.39 is 4.92 Å². The maximum atomic E-state index is 11.9. The van der Waals surface area contributed by atoms with Crippen molar-refractivity contribution < 1.29 is 9.72 Å². The number of non-ortho nitro benzene ring substituents is 1. The molecular weight excluding hydrogens is 280 g/mol. The second-order valence-corrected chi connectivity index (χ2v) is 4.82. The molecule has 22 heavy (non-hydrogen) atoms. The van der Waals surface area contributed by atoms with Crippen molar-refractivity contribution in [2.45, 2.75) is 13.0 Å². The van der Waals surface area contributed by atoms with E-state index in [9.17, 15) is 14.9 Å². The molecule has 0 spiro atoms. The predicted molar refractivity (Wildman–Crippen MR) is 85.1 cm³/mol. The number of carbonyl (C=O) groups is 1. The lowest BCUT2D eigenvalue weighted by molar-refractivity contribution is -0.384. The number of amides is 1. The van der Waals surface area contributed by atoms with Crippen molar-refractivity contribution in [3.05, 3.63) is 81.9 Å². The van der Waals surface area contributed by atoms with E-state index in [-0.39, 0.29) is 17.6 Å². The lowest BCUT2D eigenvalue weighted by Gasteiger charge is -2.12. The summed E-state index contributed by atoms with van der Waals surface area (Å²) in [6.07, 6.45) is 3.04. The third-order valence-electron chi connectivity index (χ3n) is 3.19. The van der Waals surface area contributed by atoms with E-state index in [1.807, 2.05) is 37.3 Å². The molecule has 0 unspecified atom stereocenters. The van der Waals surface area contributed by atoms with Crippen LogP contribution in [-0.4, -0.2) is 10.8 Å². The monoisotopic (exact) mass is 296 g/mol. The minimum absolute atomic E-state index is 0.0271. The first-order valence-electron chi connectivity index (χ1n) is 6.84. The van der Waals surface area contributed by atoms with Crippen molar-refractivity contribution in [1.82, 2.24) is 5.32 Å². The van der Waals surface area contributed by atoms with Crippen LogP contribution in [0.15, 0.2) is 60.7 Å². The predicted octanol–water partition coefficient (Wildman–Crippen LogP) is 3.49. The molecule has 0 aliphatic carbocycles. The van der Waals surface area contributed by atoms with Crippen LogP contribution in [0.4, 0.5) is 5.69 Å². The van der Waals surface area contributed by atoms with Gasteiger partial charge in [-0.05, 0) is 36.3 Å². The highest BCUT2D eigenvalue weighted by Crippen LogP contribution is 2.13. The zero-order valence-corrected chi connectivity index (χ0v) is 12.1. The summed E-state index contributed by atoms with van der Waals surface area (Å²) in [5.74, 6) is -0.213. The Kier molecular flexibility index (Phi) is 5.03. The highest BCUT2D eigenvalue weighted by Gasteiger charge is 2.06. The van der Waals surface area contributed by atoms with Crippen LogP contribution in [0.25, 0.3) is 6.08 Å². The topological polar surface area (TPSA) is 72.2 Å². The molecule has 0 aromatic heterocycles. The maximum absolute atomic E-state index is 11.9. The summed E-state index contributed by atoms with van der Waals surface area (Å²) in [5.41, 5.74) is 1.78. The molecule has 0 bridgehead atoms. The molecule has 0 heterocycles. The van der Waals surface area contributed by atoms with Gasteiger partial charge >= 0.3 is 0 Å². The SMILES string of the molecule is C[C@H](NC(=O)/C=C/c1ccc([N+](=O)[O-])cc1)c1ccccc1. The summed E-state index contributed by atoms with van der Waals surface area (Å²) in [6, 6.07) is 15.6. The second-order valence-electron chi connectivity index (χ2n) is 4.82. The number of rotatable bonds is 5. The van der Waals surface area contributed by atoms with Crippen LogP contribution in [-0.2, 0) is 4.79 Å². The van der Waals surface area contributed by atoms with E-state index in [0.29, 0.717) is 0 Å². The number of nitro benzene ring substituents is 1. The average molecular weight is 296 g/mol. The summed E-state index contributed by atoms with van der Waals surface area (Å²) < 4.78 is 0. The molecule has 112 valence electrons. The Labute approximate surface area is 128 Å². The second kappa shape index (κ2) is 7.17. The van der Waals surface area contributed by atoms with Gasteiger partial charge in [-0.2, -0.15) is 0 Å². The Hall–Kier alpha value is -2.95. The summed E-state index contributed by atoms with van der Waals surface area (Å²) in [7, 11) is 0. The normalized spacial score (nSPS) is 12.0. The van der Waals surface area contributed by atoms with Crippen molar-refractivity contribution >= 4 is 17.7 Å². The molecule has 5 nitrogen and oxygen atoms in total. The van der Waals surface area contributed by atoms with Crippen molar-refractivity contribution in [2.75, 3.05) is 0 Å². The number of nitro groups is 1. The van der Waals surface area contributed by atoms with Gasteiger partial charge in [0.05, 0.1) is 11.0 Å². The van der Waals surface area contributed by atoms with Gasteiger partial charge in [-0.1, -0.05) is 30.3 Å². The van der Waals surface area contributed by atoms with E-state index in [0.717, 1.165) is 11.1 Å². The molecule has 2 aromatic rings. The minimum Gasteiger partial charge on any atom is -0.346 e. The highest BCUT2D eigenvalue weighted by molar-refractivity contribution is 5.92. The summed E-state index contributed by atoms with van der Waals surface area (Å²) in [5, 5.41) is 13.4. The van der Waals surface area contributed by atoms with Gasteiger partial charge in [0.25, 0.3) is 5.69 Å². The van der Waals surface area contributed by atoms with Gasteiger partial charge in [0.15, 0.2) is 0 Å². The number of hydrogen-bond acceptors (Lipinski definition) is 3. The van der Waals surface area contributed by atoms with Crippen LogP contribution < -0.4 is 5.32 Å². The van der Waals surface area contributed by atoms with Crippen molar-refractivity contribution in [3.63, 3.8) is 0 Å². The molecule has 1 amide bonds. The van der Waals surface area contributed by atoms with Crippen LogP contribution in [0.1, 0.15) is 24.1 Å². The Morgan fingerprint density at radius 3 is 2.36 bits per heavy atom. The van der Waals surface area contributed by atoms with E-state index in [1.54, 1.807) is 18.2 Å². The van der Waals surface area contributed by atoms with Crippen LogP contribution >= 0.6 is 0 Å². The van der Waals surface area contributed by atoms with Crippen LogP contribution in [0.5, 0.6) is 0 Å². The lowest BCUT2D eigenvalue weighted by atomic mass is 10.1.